The minimum absolute atomic E-state index is 0.273. The number of hydrogen-bond donors (Lipinski definition) is 1. The average molecular weight is 497 g/mol. The number of hydrogen-bond acceptors (Lipinski definition) is 3. The lowest BCUT2D eigenvalue weighted by atomic mass is 10.2. The molecular weight excluding hydrogens is 483 g/mol. The third kappa shape index (κ3) is 5.03. The molecule has 1 aromatic heterocycles. The van der Waals surface area contributed by atoms with Gasteiger partial charge in [0.25, 0.3) is 5.91 Å². The number of hydrazone groups is 1. The van der Waals surface area contributed by atoms with Crippen LogP contribution in [-0.4, -0.2) is 21.9 Å². The maximum atomic E-state index is 12.3. The van der Waals surface area contributed by atoms with Crippen molar-refractivity contribution in [2.45, 2.75) is 6.54 Å². The van der Waals surface area contributed by atoms with Crippen molar-refractivity contribution in [2.75, 3.05) is 0 Å². The van der Waals surface area contributed by atoms with Crippen LogP contribution in [0.15, 0.2) is 68.8 Å². The molecule has 132 valence electrons. The fourth-order valence-corrected chi connectivity index (χ4v) is 3.06. The highest BCUT2D eigenvalue weighted by molar-refractivity contribution is 9.10. The molecule has 5 nitrogen and oxygen atoms in total. The van der Waals surface area contributed by atoms with Crippen molar-refractivity contribution >= 4 is 55.6 Å². The number of nitrogens with one attached hydrogen (secondary N) is 1. The standard InChI is InChI=1S/C18H13Br2ClN4O/c19-14-5-1-13(2-6-14)10-25-11-16(20)17(24-25)18(26)23-22-9-12-3-7-15(21)8-4-12/h1-9,11H,10H2,(H,23,26)/b22-9-. The van der Waals surface area contributed by atoms with E-state index in [9.17, 15) is 4.79 Å². The third-order valence-electron chi connectivity index (χ3n) is 3.44. The number of nitrogens with zero attached hydrogens (tertiary/aromatic N) is 3. The smallest absolute Gasteiger partial charge is 0.266 e. The fraction of sp³-hybridized carbons (Fsp3) is 0.0556. The number of halogens is 3. The van der Waals surface area contributed by atoms with Gasteiger partial charge in [-0.2, -0.15) is 10.2 Å². The molecule has 26 heavy (non-hydrogen) atoms. The number of amides is 1. The van der Waals surface area contributed by atoms with E-state index in [0.717, 1.165) is 15.6 Å². The lowest BCUT2D eigenvalue weighted by Crippen LogP contribution is -2.19. The zero-order valence-electron chi connectivity index (χ0n) is 13.4. The summed E-state index contributed by atoms with van der Waals surface area (Å²) in [6.07, 6.45) is 3.31. The fourth-order valence-electron chi connectivity index (χ4n) is 2.18. The Morgan fingerprint density at radius 1 is 1.15 bits per heavy atom. The summed E-state index contributed by atoms with van der Waals surface area (Å²) in [5.41, 5.74) is 4.65. The monoisotopic (exact) mass is 494 g/mol. The van der Waals surface area contributed by atoms with Crippen LogP contribution >= 0.6 is 43.5 Å². The Morgan fingerprint density at radius 3 is 2.54 bits per heavy atom. The predicted octanol–water partition coefficient (Wildman–Crippen LogP) is 4.87. The molecule has 3 aromatic rings. The number of benzene rings is 2. The summed E-state index contributed by atoms with van der Waals surface area (Å²) in [5.74, 6) is -0.392. The van der Waals surface area contributed by atoms with Gasteiger partial charge in [0.05, 0.1) is 17.2 Å². The Labute approximate surface area is 172 Å². The highest BCUT2D eigenvalue weighted by atomic mass is 79.9. The van der Waals surface area contributed by atoms with Crippen LogP contribution in [0.2, 0.25) is 5.02 Å². The minimum Gasteiger partial charge on any atom is -0.266 e. The second-order valence-electron chi connectivity index (χ2n) is 5.40. The molecule has 0 aliphatic rings. The van der Waals surface area contributed by atoms with Crippen LogP contribution in [-0.2, 0) is 6.54 Å². The largest absolute Gasteiger partial charge is 0.293 e. The Balaban J connectivity index is 1.65. The van der Waals surface area contributed by atoms with Crippen LogP contribution in [0.5, 0.6) is 0 Å². The highest BCUT2D eigenvalue weighted by Gasteiger charge is 2.14. The number of rotatable bonds is 5. The zero-order chi connectivity index (χ0) is 18.5. The summed E-state index contributed by atoms with van der Waals surface area (Å²) in [7, 11) is 0. The molecule has 0 saturated carbocycles. The van der Waals surface area contributed by atoms with Crippen LogP contribution in [0.3, 0.4) is 0 Å². The molecule has 3 rings (SSSR count). The lowest BCUT2D eigenvalue weighted by molar-refractivity contribution is 0.0948. The van der Waals surface area contributed by atoms with Gasteiger partial charge in [-0.05, 0) is 51.3 Å². The quantitative estimate of drug-likeness (QED) is 0.405. The molecule has 0 spiro atoms. The Morgan fingerprint density at radius 2 is 1.85 bits per heavy atom. The van der Waals surface area contributed by atoms with E-state index in [1.165, 1.54) is 0 Å². The number of carbonyl (C=O) groups is 1. The first-order valence-electron chi connectivity index (χ1n) is 7.57. The van der Waals surface area contributed by atoms with Crippen LogP contribution in [0.25, 0.3) is 0 Å². The summed E-state index contributed by atoms with van der Waals surface area (Å²) < 4.78 is 3.32. The molecule has 0 saturated heterocycles. The van der Waals surface area contributed by atoms with Crippen molar-refractivity contribution in [3.05, 3.63) is 85.5 Å². The first kappa shape index (κ1) is 18.8. The summed E-state index contributed by atoms with van der Waals surface area (Å²) in [6.45, 7) is 0.563. The minimum atomic E-state index is -0.392. The van der Waals surface area contributed by atoms with Gasteiger partial charge in [0.15, 0.2) is 5.69 Å². The molecule has 0 aliphatic carbocycles. The summed E-state index contributed by atoms with van der Waals surface area (Å²) in [6, 6.07) is 15.0. The summed E-state index contributed by atoms with van der Waals surface area (Å²) >= 11 is 12.6. The molecule has 2 aromatic carbocycles. The van der Waals surface area contributed by atoms with E-state index in [1.807, 2.05) is 24.3 Å². The molecule has 0 aliphatic heterocycles. The van der Waals surface area contributed by atoms with Crippen molar-refractivity contribution in [3.63, 3.8) is 0 Å². The van der Waals surface area contributed by atoms with Gasteiger partial charge < -0.3 is 0 Å². The average Bonchev–Trinajstić information content (AvgIpc) is 2.99. The topological polar surface area (TPSA) is 59.3 Å². The summed E-state index contributed by atoms with van der Waals surface area (Å²) in [4.78, 5) is 12.3. The number of aromatic nitrogens is 2. The first-order valence-corrected chi connectivity index (χ1v) is 9.54. The molecule has 1 amide bonds. The van der Waals surface area contributed by atoms with E-state index in [2.05, 4.69) is 47.5 Å². The third-order valence-corrected chi connectivity index (χ3v) is 4.80. The molecule has 0 atom stereocenters. The van der Waals surface area contributed by atoms with Crippen LogP contribution in [0.1, 0.15) is 21.6 Å². The molecule has 1 heterocycles. The van der Waals surface area contributed by atoms with E-state index in [-0.39, 0.29) is 5.69 Å². The van der Waals surface area contributed by atoms with Gasteiger partial charge in [0.1, 0.15) is 0 Å². The van der Waals surface area contributed by atoms with Crippen LogP contribution < -0.4 is 5.43 Å². The predicted molar refractivity (Wildman–Crippen MR) is 110 cm³/mol. The molecule has 8 heteroatoms. The van der Waals surface area contributed by atoms with Gasteiger partial charge in [0.2, 0.25) is 0 Å². The van der Waals surface area contributed by atoms with Gasteiger partial charge in [-0.3, -0.25) is 9.48 Å². The van der Waals surface area contributed by atoms with Crippen molar-refractivity contribution in [1.29, 1.82) is 0 Å². The second-order valence-corrected chi connectivity index (χ2v) is 7.61. The summed E-state index contributed by atoms with van der Waals surface area (Å²) in [5, 5.41) is 8.91. The van der Waals surface area contributed by atoms with E-state index in [0.29, 0.717) is 16.0 Å². The lowest BCUT2D eigenvalue weighted by Gasteiger charge is -2.02. The van der Waals surface area contributed by atoms with Crippen molar-refractivity contribution < 1.29 is 4.79 Å². The number of carbonyl (C=O) groups excluding carboxylic acids is 1. The maximum Gasteiger partial charge on any atom is 0.293 e. The van der Waals surface area contributed by atoms with Crippen molar-refractivity contribution in [1.82, 2.24) is 15.2 Å². The first-order chi connectivity index (χ1) is 12.5. The molecule has 0 fully saturated rings. The van der Waals surface area contributed by atoms with Gasteiger partial charge in [-0.1, -0.05) is 51.8 Å². The molecule has 0 radical (unpaired) electrons. The zero-order valence-corrected chi connectivity index (χ0v) is 17.3. The van der Waals surface area contributed by atoms with Crippen molar-refractivity contribution in [3.8, 4) is 0 Å². The normalized spacial score (nSPS) is 11.0. The molecule has 0 unspecified atom stereocenters. The van der Waals surface area contributed by atoms with Gasteiger partial charge in [-0.15, -0.1) is 0 Å². The van der Waals surface area contributed by atoms with Gasteiger partial charge in [0, 0.05) is 15.7 Å². The van der Waals surface area contributed by atoms with Crippen LogP contribution in [0.4, 0.5) is 0 Å². The Kier molecular flexibility index (Phi) is 6.24. The molecule has 0 bridgehead atoms. The van der Waals surface area contributed by atoms with E-state index >= 15 is 0 Å². The molecule has 1 N–H and O–H groups in total. The maximum absolute atomic E-state index is 12.3. The van der Waals surface area contributed by atoms with Gasteiger partial charge >= 0.3 is 0 Å². The van der Waals surface area contributed by atoms with E-state index in [4.69, 9.17) is 11.6 Å². The van der Waals surface area contributed by atoms with E-state index < -0.39 is 5.91 Å². The second kappa shape index (κ2) is 8.62. The van der Waals surface area contributed by atoms with Crippen LogP contribution in [0, 0.1) is 0 Å². The Hall–Kier alpha value is -1.96. The van der Waals surface area contributed by atoms with Gasteiger partial charge in [-0.25, -0.2) is 5.43 Å². The molecular formula is C18H13Br2ClN4O. The highest BCUT2D eigenvalue weighted by Crippen LogP contribution is 2.17. The SMILES string of the molecule is O=C(N/N=C\c1ccc(Cl)cc1)c1nn(Cc2ccc(Br)cc2)cc1Br. The Bertz CT molecular complexity index is 937. The van der Waals surface area contributed by atoms with E-state index in [1.54, 1.807) is 41.4 Å². The van der Waals surface area contributed by atoms with Crippen molar-refractivity contribution in [2.24, 2.45) is 5.10 Å².